The summed E-state index contributed by atoms with van der Waals surface area (Å²) in [7, 11) is 0. The van der Waals surface area contributed by atoms with Crippen LogP contribution in [0, 0.1) is 3.57 Å². The van der Waals surface area contributed by atoms with Gasteiger partial charge in [0, 0.05) is 5.56 Å². The van der Waals surface area contributed by atoms with Gasteiger partial charge in [-0.25, -0.2) is 4.98 Å². The fraction of sp³-hybridized carbons (Fsp3) is 0.286. The minimum Gasteiger partial charge on any atom is -0.494 e. The van der Waals surface area contributed by atoms with Crippen molar-refractivity contribution in [1.29, 1.82) is 0 Å². The van der Waals surface area contributed by atoms with Crippen LogP contribution in [-0.4, -0.2) is 16.6 Å². The summed E-state index contributed by atoms with van der Waals surface area (Å²) in [6, 6.07) is 7.57. The van der Waals surface area contributed by atoms with Gasteiger partial charge in [-0.05, 0) is 48.1 Å². The van der Waals surface area contributed by atoms with Gasteiger partial charge in [0.15, 0.2) is 0 Å². The Morgan fingerprint density at radius 2 is 2.16 bits per heavy atom. The van der Waals surface area contributed by atoms with Gasteiger partial charge in [0.25, 0.3) is 5.56 Å². The summed E-state index contributed by atoms with van der Waals surface area (Å²) in [6.45, 7) is 4.54. The molecule has 1 aromatic carbocycles. The van der Waals surface area contributed by atoms with Gasteiger partial charge in [-0.1, -0.05) is 19.1 Å². The lowest BCUT2D eigenvalue weighted by molar-refractivity contribution is 0.340. The molecule has 0 atom stereocenters. The van der Waals surface area contributed by atoms with E-state index < -0.39 is 0 Å². The molecular formula is C14H15IN2O2. The van der Waals surface area contributed by atoms with Crippen LogP contribution in [-0.2, 0) is 6.42 Å². The normalized spacial score (nSPS) is 10.5. The first-order chi connectivity index (χ1) is 9.15. The number of halogens is 1. The minimum absolute atomic E-state index is 0.0933. The minimum atomic E-state index is -0.0933. The lowest BCUT2D eigenvalue weighted by Gasteiger charge is -2.07. The molecule has 0 saturated carbocycles. The molecule has 2 aromatic rings. The van der Waals surface area contributed by atoms with Crippen molar-refractivity contribution in [3.8, 4) is 17.1 Å². The quantitative estimate of drug-likeness (QED) is 0.842. The zero-order chi connectivity index (χ0) is 13.8. The molecule has 19 heavy (non-hydrogen) atoms. The molecule has 0 aliphatic rings. The highest BCUT2D eigenvalue weighted by Gasteiger charge is 2.09. The first kappa shape index (κ1) is 14.0. The van der Waals surface area contributed by atoms with Crippen molar-refractivity contribution in [2.24, 2.45) is 0 Å². The monoisotopic (exact) mass is 370 g/mol. The fourth-order valence-corrected chi connectivity index (χ4v) is 2.41. The van der Waals surface area contributed by atoms with Gasteiger partial charge < -0.3 is 9.72 Å². The lowest BCUT2D eigenvalue weighted by atomic mass is 10.2. The summed E-state index contributed by atoms with van der Waals surface area (Å²) in [4.78, 5) is 19.2. The highest BCUT2D eigenvalue weighted by atomic mass is 127. The first-order valence-electron chi connectivity index (χ1n) is 6.17. The molecule has 0 aliphatic carbocycles. The Balaban J connectivity index is 2.49. The number of H-pyrrole nitrogens is 1. The molecule has 0 aliphatic heterocycles. The predicted molar refractivity (Wildman–Crippen MR) is 83.6 cm³/mol. The Bertz CT molecular complexity index is 638. The van der Waals surface area contributed by atoms with Crippen molar-refractivity contribution in [2.75, 3.05) is 6.61 Å². The van der Waals surface area contributed by atoms with E-state index in [0.29, 0.717) is 16.0 Å². The van der Waals surface area contributed by atoms with Crippen molar-refractivity contribution >= 4 is 22.6 Å². The molecule has 0 radical (unpaired) electrons. The molecule has 0 amide bonds. The predicted octanol–water partition coefficient (Wildman–Crippen LogP) is 3.00. The van der Waals surface area contributed by atoms with E-state index in [1.807, 2.05) is 60.7 Å². The Hall–Kier alpha value is -1.37. The van der Waals surface area contributed by atoms with E-state index in [0.717, 1.165) is 23.4 Å². The van der Waals surface area contributed by atoms with E-state index >= 15 is 0 Å². The summed E-state index contributed by atoms with van der Waals surface area (Å²) in [5.41, 5.74) is 1.58. The summed E-state index contributed by atoms with van der Waals surface area (Å²) in [5.74, 6) is 1.36. The molecule has 0 unspecified atom stereocenters. The molecule has 2 rings (SSSR count). The third kappa shape index (κ3) is 3.15. The molecule has 1 heterocycles. The highest BCUT2D eigenvalue weighted by Crippen LogP contribution is 2.21. The molecule has 5 heteroatoms. The van der Waals surface area contributed by atoms with Gasteiger partial charge in [0.05, 0.1) is 15.9 Å². The maximum atomic E-state index is 11.9. The second-order valence-corrected chi connectivity index (χ2v) is 5.07. The van der Waals surface area contributed by atoms with E-state index in [1.54, 1.807) is 0 Å². The average molecular weight is 370 g/mol. The van der Waals surface area contributed by atoms with Gasteiger partial charge >= 0.3 is 0 Å². The number of aromatic amines is 1. The maximum absolute atomic E-state index is 11.9. The SMILES string of the molecule is CCOc1cccc(-c2nc(CC)c(I)c(=O)[nH]2)c1. The molecule has 0 spiro atoms. The van der Waals surface area contributed by atoms with E-state index in [1.165, 1.54) is 0 Å². The Morgan fingerprint density at radius 1 is 1.37 bits per heavy atom. The first-order valence-corrected chi connectivity index (χ1v) is 7.25. The topological polar surface area (TPSA) is 55.0 Å². The number of rotatable bonds is 4. The number of nitrogens with zero attached hydrogens (tertiary/aromatic N) is 1. The third-order valence-corrected chi connectivity index (χ3v) is 3.80. The second kappa shape index (κ2) is 6.18. The van der Waals surface area contributed by atoms with Crippen LogP contribution in [0.5, 0.6) is 5.75 Å². The molecule has 1 aromatic heterocycles. The zero-order valence-corrected chi connectivity index (χ0v) is 13.0. The summed E-state index contributed by atoms with van der Waals surface area (Å²) in [6.07, 6.45) is 0.736. The molecule has 100 valence electrons. The van der Waals surface area contributed by atoms with Gasteiger partial charge in [-0.3, -0.25) is 4.79 Å². The van der Waals surface area contributed by atoms with Gasteiger partial charge in [-0.2, -0.15) is 0 Å². The van der Waals surface area contributed by atoms with Crippen LogP contribution in [0.25, 0.3) is 11.4 Å². The molecule has 1 N–H and O–H groups in total. The van der Waals surface area contributed by atoms with E-state index in [4.69, 9.17) is 4.74 Å². The summed E-state index contributed by atoms with van der Waals surface area (Å²) in [5, 5.41) is 0. The number of aryl methyl sites for hydroxylation is 1. The largest absolute Gasteiger partial charge is 0.494 e. The van der Waals surface area contributed by atoms with Crippen molar-refractivity contribution in [2.45, 2.75) is 20.3 Å². The van der Waals surface area contributed by atoms with Gasteiger partial charge in [0.1, 0.15) is 11.6 Å². The van der Waals surface area contributed by atoms with E-state index in [9.17, 15) is 4.79 Å². The summed E-state index contributed by atoms with van der Waals surface area (Å²) < 4.78 is 6.11. The number of benzene rings is 1. The Labute approximate surface area is 125 Å². The Morgan fingerprint density at radius 3 is 2.84 bits per heavy atom. The van der Waals surface area contributed by atoms with Gasteiger partial charge in [-0.15, -0.1) is 0 Å². The molecule has 0 fully saturated rings. The second-order valence-electron chi connectivity index (χ2n) is 3.99. The number of hydrogen-bond donors (Lipinski definition) is 1. The fourth-order valence-electron chi connectivity index (χ4n) is 1.78. The standard InChI is InChI=1S/C14H15IN2O2/c1-3-11-12(15)14(18)17-13(16-11)9-6-5-7-10(8-9)19-4-2/h5-8H,3-4H2,1-2H3,(H,16,17,18). The van der Waals surface area contributed by atoms with E-state index in [2.05, 4.69) is 9.97 Å². The highest BCUT2D eigenvalue weighted by molar-refractivity contribution is 14.1. The van der Waals surface area contributed by atoms with Crippen LogP contribution in [0.15, 0.2) is 29.1 Å². The van der Waals surface area contributed by atoms with Crippen LogP contribution >= 0.6 is 22.6 Å². The van der Waals surface area contributed by atoms with Crippen molar-refractivity contribution in [3.63, 3.8) is 0 Å². The third-order valence-electron chi connectivity index (χ3n) is 2.68. The van der Waals surface area contributed by atoms with Crippen LogP contribution in [0.3, 0.4) is 0 Å². The van der Waals surface area contributed by atoms with Crippen LogP contribution < -0.4 is 10.3 Å². The number of aromatic nitrogens is 2. The zero-order valence-electron chi connectivity index (χ0n) is 10.9. The van der Waals surface area contributed by atoms with Gasteiger partial charge in [0.2, 0.25) is 0 Å². The lowest BCUT2D eigenvalue weighted by Crippen LogP contribution is -2.16. The molecule has 0 saturated heterocycles. The number of nitrogens with one attached hydrogen (secondary N) is 1. The van der Waals surface area contributed by atoms with E-state index in [-0.39, 0.29) is 5.56 Å². The molecule has 4 nitrogen and oxygen atoms in total. The van der Waals surface area contributed by atoms with Crippen LogP contribution in [0.4, 0.5) is 0 Å². The number of hydrogen-bond acceptors (Lipinski definition) is 3. The number of ether oxygens (including phenoxy) is 1. The van der Waals surface area contributed by atoms with Crippen molar-refractivity contribution < 1.29 is 4.74 Å². The van der Waals surface area contributed by atoms with Crippen LogP contribution in [0.2, 0.25) is 0 Å². The molecular weight excluding hydrogens is 355 g/mol. The Kier molecular flexibility index (Phi) is 4.57. The average Bonchev–Trinajstić information content (AvgIpc) is 2.42. The summed E-state index contributed by atoms with van der Waals surface area (Å²) >= 11 is 2.03. The van der Waals surface area contributed by atoms with Crippen molar-refractivity contribution in [3.05, 3.63) is 43.9 Å². The van der Waals surface area contributed by atoms with Crippen molar-refractivity contribution in [1.82, 2.24) is 9.97 Å². The van der Waals surface area contributed by atoms with Crippen LogP contribution in [0.1, 0.15) is 19.5 Å². The smallest absolute Gasteiger partial charge is 0.264 e. The molecule has 0 bridgehead atoms. The maximum Gasteiger partial charge on any atom is 0.264 e.